The van der Waals surface area contributed by atoms with Crippen molar-refractivity contribution in [3.63, 3.8) is 0 Å². The van der Waals surface area contributed by atoms with Crippen molar-refractivity contribution in [1.82, 2.24) is 0 Å². The molecule has 1 fully saturated rings. The number of hydrogen-bond acceptors (Lipinski definition) is 2. The lowest BCUT2D eigenvalue weighted by Gasteiger charge is -2.05. The summed E-state index contributed by atoms with van der Waals surface area (Å²) in [5.74, 6) is 0. The quantitative estimate of drug-likeness (QED) is 0.657. The van der Waals surface area contributed by atoms with E-state index >= 15 is 0 Å². The largest absolute Gasteiger partial charge is 0.374 e. The van der Waals surface area contributed by atoms with Gasteiger partial charge in [-0.25, -0.2) is 0 Å². The van der Waals surface area contributed by atoms with E-state index in [4.69, 9.17) is 9.47 Å². The van der Waals surface area contributed by atoms with Gasteiger partial charge in [-0.05, 0) is 18.1 Å². The van der Waals surface area contributed by atoms with Crippen LogP contribution in [-0.2, 0) is 16.1 Å². The molecule has 0 saturated carbocycles. The zero-order valence-electron chi connectivity index (χ0n) is 7.82. The Morgan fingerprint density at radius 2 is 2.23 bits per heavy atom. The Hall–Kier alpha value is -0.860. The van der Waals surface area contributed by atoms with Crippen molar-refractivity contribution in [2.45, 2.75) is 19.6 Å². The van der Waals surface area contributed by atoms with Crippen LogP contribution in [0.25, 0.3) is 0 Å². The fourth-order valence-corrected chi connectivity index (χ4v) is 1.24. The van der Waals surface area contributed by atoms with Crippen LogP contribution in [0.3, 0.4) is 0 Å². The van der Waals surface area contributed by atoms with Gasteiger partial charge < -0.3 is 9.47 Å². The van der Waals surface area contributed by atoms with Crippen LogP contribution in [-0.4, -0.2) is 19.3 Å². The standard InChI is InChI=1S/C11H14O2/c1-9-4-2-3-5-10(9)6-12-7-11-8-13-11/h2-5,11H,6-8H2,1H3/t11-/m0/s1. The average Bonchev–Trinajstić information content (AvgIpc) is 2.92. The molecule has 1 heterocycles. The first-order valence-electron chi connectivity index (χ1n) is 4.60. The molecular weight excluding hydrogens is 164 g/mol. The summed E-state index contributed by atoms with van der Waals surface area (Å²) in [5.41, 5.74) is 2.56. The van der Waals surface area contributed by atoms with Crippen LogP contribution in [0.4, 0.5) is 0 Å². The van der Waals surface area contributed by atoms with E-state index in [1.54, 1.807) is 0 Å². The fourth-order valence-electron chi connectivity index (χ4n) is 1.24. The summed E-state index contributed by atoms with van der Waals surface area (Å²) in [6, 6.07) is 8.29. The van der Waals surface area contributed by atoms with E-state index in [9.17, 15) is 0 Å². The fraction of sp³-hybridized carbons (Fsp3) is 0.455. The van der Waals surface area contributed by atoms with Crippen molar-refractivity contribution in [3.05, 3.63) is 35.4 Å². The first-order chi connectivity index (χ1) is 6.36. The maximum absolute atomic E-state index is 5.50. The van der Waals surface area contributed by atoms with Gasteiger partial charge in [0.25, 0.3) is 0 Å². The summed E-state index contributed by atoms with van der Waals surface area (Å²) in [5, 5.41) is 0. The maximum Gasteiger partial charge on any atom is 0.104 e. The van der Waals surface area contributed by atoms with E-state index in [2.05, 4.69) is 19.1 Å². The third-order valence-electron chi connectivity index (χ3n) is 2.22. The van der Waals surface area contributed by atoms with Crippen molar-refractivity contribution in [2.24, 2.45) is 0 Å². The van der Waals surface area contributed by atoms with Gasteiger partial charge in [0.2, 0.25) is 0 Å². The van der Waals surface area contributed by atoms with Crippen LogP contribution in [0.5, 0.6) is 0 Å². The molecule has 1 atom stereocenters. The minimum Gasteiger partial charge on any atom is -0.374 e. The molecule has 0 spiro atoms. The Morgan fingerprint density at radius 3 is 2.92 bits per heavy atom. The summed E-state index contributed by atoms with van der Waals surface area (Å²) in [4.78, 5) is 0. The van der Waals surface area contributed by atoms with Gasteiger partial charge in [-0.1, -0.05) is 24.3 Å². The number of hydrogen-bond donors (Lipinski definition) is 0. The molecular formula is C11H14O2. The summed E-state index contributed by atoms with van der Waals surface area (Å²) < 4.78 is 10.6. The van der Waals surface area contributed by atoms with Crippen LogP contribution >= 0.6 is 0 Å². The van der Waals surface area contributed by atoms with Crippen molar-refractivity contribution >= 4 is 0 Å². The summed E-state index contributed by atoms with van der Waals surface area (Å²) >= 11 is 0. The molecule has 0 unspecified atom stereocenters. The van der Waals surface area contributed by atoms with Crippen LogP contribution in [0.15, 0.2) is 24.3 Å². The predicted molar refractivity (Wildman–Crippen MR) is 50.6 cm³/mol. The van der Waals surface area contributed by atoms with Gasteiger partial charge in [0.15, 0.2) is 0 Å². The van der Waals surface area contributed by atoms with Crippen LogP contribution in [0.2, 0.25) is 0 Å². The van der Waals surface area contributed by atoms with Crippen LogP contribution in [0.1, 0.15) is 11.1 Å². The molecule has 70 valence electrons. The normalized spacial score (nSPS) is 20.2. The second-order valence-electron chi connectivity index (χ2n) is 3.40. The van der Waals surface area contributed by atoms with Gasteiger partial charge in [-0.2, -0.15) is 0 Å². The van der Waals surface area contributed by atoms with E-state index < -0.39 is 0 Å². The van der Waals surface area contributed by atoms with E-state index in [0.717, 1.165) is 13.2 Å². The summed E-state index contributed by atoms with van der Waals surface area (Å²) in [7, 11) is 0. The third kappa shape index (κ3) is 2.54. The molecule has 0 aromatic heterocycles. The highest BCUT2D eigenvalue weighted by atomic mass is 16.6. The lowest BCUT2D eigenvalue weighted by Crippen LogP contribution is -2.02. The minimum atomic E-state index is 0.365. The van der Waals surface area contributed by atoms with E-state index in [1.165, 1.54) is 11.1 Å². The molecule has 2 nitrogen and oxygen atoms in total. The first-order valence-corrected chi connectivity index (χ1v) is 4.60. The molecule has 0 amide bonds. The molecule has 0 aliphatic carbocycles. The molecule has 1 saturated heterocycles. The molecule has 0 radical (unpaired) electrons. The predicted octanol–water partition coefficient (Wildman–Crippen LogP) is 1.91. The molecule has 2 heteroatoms. The number of aryl methyl sites for hydroxylation is 1. The monoisotopic (exact) mass is 178 g/mol. The van der Waals surface area contributed by atoms with Crippen molar-refractivity contribution in [2.75, 3.05) is 13.2 Å². The molecule has 0 bridgehead atoms. The van der Waals surface area contributed by atoms with Gasteiger partial charge in [0, 0.05) is 0 Å². The van der Waals surface area contributed by atoms with Crippen molar-refractivity contribution < 1.29 is 9.47 Å². The van der Waals surface area contributed by atoms with Crippen LogP contribution in [0, 0.1) is 6.92 Å². The molecule has 1 aliphatic heterocycles. The second kappa shape index (κ2) is 3.90. The maximum atomic E-state index is 5.50. The van der Waals surface area contributed by atoms with Crippen LogP contribution < -0.4 is 0 Å². The van der Waals surface area contributed by atoms with E-state index in [-0.39, 0.29) is 0 Å². The Bertz CT molecular complexity index is 279. The highest BCUT2D eigenvalue weighted by Gasteiger charge is 2.22. The SMILES string of the molecule is Cc1ccccc1COC[C@H]1CO1. The molecule has 1 aromatic carbocycles. The van der Waals surface area contributed by atoms with E-state index in [0.29, 0.717) is 12.7 Å². The third-order valence-corrected chi connectivity index (χ3v) is 2.22. The van der Waals surface area contributed by atoms with Gasteiger partial charge in [0.05, 0.1) is 19.8 Å². The molecule has 13 heavy (non-hydrogen) atoms. The van der Waals surface area contributed by atoms with Gasteiger partial charge in [-0.3, -0.25) is 0 Å². The molecule has 2 rings (SSSR count). The lowest BCUT2D eigenvalue weighted by atomic mass is 10.1. The van der Waals surface area contributed by atoms with E-state index in [1.807, 2.05) is 12.1 Å². The first kappa shape index (κ1) is 8.73. The van der Waals surface area contributed by atoms with Crippen molar-refractivity contribution in [1.29, 1.82) is 0 Å². The number of ether oxygens (including phenoxy) is 2. The highest BCUT2D eigenvalue weighted by Crippen LogP contribution is 2.12. The van der Waals surface area contributed by atoms with Gasteiger partial charge in [-0.15, -0.1) is 0 Å². The Kier molecular flexibility index (Phi) is 2.62. The lowest BCUT2D eigenvalue weighted by molar-refractivity contribution is 0.104. The Balaban J connectivity index is 1.82. The summed E-state index contributed by atoms with van der Waals surface area (Å²) in [6.07, 6.45) is 0.365. The average molecular weight is 178 g/mol. The van der Waals surface area contributed by atoms with Gasteiger partial charge >= 0.3 is 0 Å². The molecule has 0 N–H and O–H groups in total. The Morgan fingerprint density at radius 1 is 1.46 bits per heavy atom. The highest BCUT2D eigenvalue weighted by molar-refractivity contribution is 5.24. The minimum absolute atomic E-state index is 0.365. The zero-order chi connectivity index (χ0) is 9.10. The number of benzene rings is 1. The molecule has 1 aromatic rings. The number of epoxide rings is 1. The summed E-state index contributed by atoms with van der Waals surface area (Å²) in [6.45, 7) is 4.40. The molecule has 1 aliphatic rings. The smallest absolute Gasteiger partial charge is 0.104 e. The van der Waals surface area contributed by atoms with Gasteiger partial charge in [0.1, 0.15) is 6.10 Å². The topological polar surface area (TPSA) is 21.8 Å². The second-order valence-corrected chi connectivity index (χ2v) is 3.40. The Labute approximate surface area is 78.5 Å². The number of rotatable bonds is 4. The van der Waals surface area contributed by atoms with Crippen molar-refractivity contribution in [3.8, 4) is 0 Å². The zero-order valence-corrected chi connectivity index (χ0v) is 7.82.